The number of halogens is 5. The third-order valence-corrected chi connectivity index (χ3v) is 6.82. The van der Waals surface area contributed by atoms with Gasteiger partial charge < -0.3 is 29.2 Å². The fourth-order valence-corrected chi connectivity index (χ4v) is 4.88. The maximum atomic E-state index is 15.3. The highest BCUT2D eigenvalue weighted by Crippen LogP contribution is 2.39. The minimum Gasteiger partial charge on any atom is -0.497 e. The number of benzene rings is 2. The second-order valence-electron chi connectivity index (χ2n) is 9.51. The lowest BCUT2D eigenvalue weighted by Crippen LogP contribution is -2.44. The van der Waals surface area contributed by atoms with Crippen molar-refractivity contribution in [1.82, 2.24) is 10.3 Å². The number of alkyl halides is 3. The third-order valence-electron chi connectivity index (χ3n) is 6.82. The highest BCUT2D eigenvalue weighted by atomic mass is 19.4. The van der Waals surface area contributed by atoms with Crippen molar-refractivity contribution in [2.24, 2.45) is 0 Å². The van der Waals surface area contributed by atoms with Gasteiger partial charge in [0.15, 0.2) is 0 Å². The van der Waals surface area contributed by atoms with E-state index >= 15 is 8.78 Å². The summed E-state index contributed by atoms with van der Waals surface area (Å²) < 4.78 is 88.1. The molecule has 2 amide bonds. The van der Waals surface area contributed by atoms with Gasteiger partial charge in [-0.15, -0.1) is 13.2 Å². The third kappa shape index (κ3) is 6.22. The van der Waals surface area contributed by atoms with E-state index in [9.17, 15) is 22.8 Å². The lowest BCUT2D eigenvalue weighted by molar-refractivity contribution is -0.274. The zero-order valence-corrected chi connectivity index (χ0v) is 22.0. The van der Waals surface area contributed by atoms with E-state index in [1.807, 2.05) is 0 Å². The molecule has 2 aromatic carbocycles. The van der Waals surface area contributed by atoms with Crippen LogP contribution in [0.25, 0.3) is 0 Å². The van der Waals surface area contributed by atoms with Crippen LogP contribution < -0.4 is 24.4 Å². The van der Waals surface area contributed by atoms with Gasteiger partial charge in [-0.05, 0) is 36.4 Å². The van der Waals surface area contributed by atoms with Crippen molar-refractivity contribution >= 4 is 17.5 Å². The minimum absolute atomic E-state index is 0.0848. The number of anilines is 1. The van der Waals surface area contributed by atoms with Gasteiger partial charge in [0, 0.05) is 48.3 Å². The Bertz CT molecular complexity index is 1440. The first-order chi connectivity index (χ1) is 20.0. The lowest BCUT2D eigenvalue weighted by atomic mass is 9.92. The number of amides is 2. The number of carbonyl (C=O) groups excluding carboxylic acids is 2. The summed E-state index contributed by atoms with van der Waals surface area (Å²) in [6.07, 6.45) is -3.19. The molecular weight excluding hydrogens is 569 g/mol. The quantitative estimate of drug-likeness (QED) is 0.388. The molecule has 2 aliphatic heterocycles. The number of nitrogens with one attached hydrogen (secondary N) is 1. The number of carbonyl (C=O) groups is 2. The number of hydrogen-bond acceptors (Lipinski definition) is 7. The van der Waals surface area contributed by atoms with Gasteiger partial charge in [-0.1, -0.05) is 0 Å². The summed E-state index contributed by atoms with van der Waals surface area (Å²) in [5.41, 5.74) is -0.350. The Hall–Kier alpha value is -4.46. The molecule has 3 atom stereocenters. The number of rotatable bonds is 8. The van der Waals surface area contributed by atoms with Crippen molar-refractivity contribution in [3.05, 3.63) is 77.5 Å². The molecule has 0 radical (unpaired) electrons. The van der Waals surface area contributed by atoms with Crippen LogP contribution in [-0.4, -0.2) is 62.2 Å². The van der Waals surface area contributed by atoms with Gasteiger partial charge in [-0.25, -0.2) is 13.8 Å². The predicted molar refractivity (Wildman–Crippen MR) is 136 cm³/mol. The summed E-state index contributed by atoms with van der Waals surface area (Å²) in [6, 6.07) is 7.55. The summed E-state index contributed by atoms with van der Waals surface area (Å²) in [7, 11) is 1.24. The fourth-order valence-electron chi connectivity index (χ4n) is 4.88. The first-order valence-electron chi connectivity index (χ1n) is 12.7. The van der Waals surface area contributed by atoms with Crippen LogP contribution in [0.4, 0.5) is 27.6 Å². The van der Waals surface area contributed by atoms with Crippen molar-refractivity contribution in [1.29, 1.82) is 0 Å². The van der Waals surface area contributed by atoms with Crippen molar-refractivity contribution in [2.75, 3.05) is 31.8 Å². The maximum Gasteiger partial charge on any atom is 0.573 e. The van der Waals surface area contributed by atoms with Crippen LogP contribution in [0, 0.1) is 11.6 Å². The lowest BCUT2D eigenvalue weighted by Gasteiger charge is -2.21. The zero-order chi connectivity index (χ0) is 30.0. The second kappa shape index (κ2) is 11.8. The zero-order valence-electron chi connectivity index (χ0n) is 22.0. The van der Waals surface area contributed by atoms with Crippen LogP contribution in [0.2, 0.25) is 0 Å². The van der Waals surface area contributed by atoms with E-state index in [0.29, 0.717) is 19.6 Å². The van der Waals surface area contributed by atoms with Gasteiger partial charge >= 0.3 is 6.36 Å². The molecule has 5 rings (SSSR count). The molecule has 2 saturated heterocycles. The number of hydrogen-bond donors (Lipinski definition) is 1. The van der Waals surface area contributed by atoms with Gasteiger partial charge in [0.05, 0.1) is 20.3 Å². The summed E-state index contributed by atoms with van der Waals surface area (Å²) >= 11 is 0. The van der Waals surface area contributed by atoms with Gasteiger partial charge in [-0.3, -0.25) is 9.59 Å². The van der Waals surface area contributed by atoms with Crippen molar-refractivity contribution in [3.63, 3.8) is 0 Å². The van der Waals surface area contributed by atoms with Gasteiger partial charge in [0.1, 0.15) is 41.0 Å². The second-order valence-corrected chi connectivity index (χ2v) is 9.51. The summed E-state index contributed by atoms with van der Waals surface area (Å²) in [5, 5.41) is 2.50. The predicted octanol–water partition coefficient (Wildman–Crippen LogP) is 4.36. The van der Waals surface area contributed by atoms with E-state index in [1.165, 1.54) is 18.2 Å². The molecule has 42 heavy (non-hydrogen) atoms. The topological polar surface area (TPSA) is 99.2 Å². The highest BCUT2D eigenvalue weighted by molar-refractivity contribution is 6.05. The molecule has 3 aromatic rings. The number of methoxy groups -OCH3 is 1. The van der Waals surface area contributed by atoms with Gasteiger partial charge in [0.25, 0.3) is 5.91 Å². The number of pyridine rings is 1. The first-order valence-corrected chi connectivity index (χ1v) is 12.7. The maximum absolute atomic E-state index is 15.3. The molecule has 0 aliphatic carbocycles. The van der Waals surface area contributed by atoms with E-state index in [2.05, 4.69) is 15.0 Å². The Morgan fingerprint density at radius 3 is 2.43 bits per heavy atom. The Morgan fingerprint density at radius 2 is 1.81 bits per heavy atom. The Balaban J connectivity index is 1.47. The Morgan fingerprint density at radius 1 is 1.10 bits per heavy atom. The molecule has 2 aliphatic rings. The van der Waals surface area contributed by atoms with Crippen LogP contribution in [0.5, 0.6) is 17.4 Å². The summed E-state index contributed by atoms with van der Waals surface area (Å²) in [4.78, 5) is 32.4. The average Bonchev–Trinajstić information content (AvgIpc) is 3.56. The van der Waals surface area contributed by atoms with Crippen molar-refractivity contribution in [3.8, 4) is 17.4 Å². The van der Waals surface area contributed by atoms with Crippen molar-refractivity contribution < 1.29 is 50.5 Å². The molecular formula is C28H24F5N3O6. The molecule has 1 N–H and O–H groups in total. The molecule has 3 heterocycles. The van der Waals surface area contributed by atoms with E-state index in [4.69, 9.17) is 14.2 Å². The summed E-state index contributed by atoms with van der Waals surface area (Å²) in [5.74, 6) is -5.32. The number of ether oxygens (including phenoxy) is 4. The molecule has 9 nitrogen and oxygen atoms in total. The molecule has 14 heteroatoms. The molecule has 0 bridgehead atoms. The molecule has 2 fully saturated rings. The highest BCUT2D eigenvalue weighted by Gasteiger charge is 2.46. The van der Waals surface area contributed by atoms with Crippen LogP contribution in [0.1, 0.15) is 28.3 Å². The Kier molecular flexibility index (Phi) is 8.16. The monoisotopic (exact) mass is 593 g/mol. The van der Waals surface area contributed by atoms with E-state index in [1.54, 1.807) is 12.1 Å². The van der Waals surface area contributed by atoms with Crippen molar-refractivity contribution in [2.45, 2.75) is 30.8 Å². The van der Waals surface area contributed by atoms with Crippen LogP contribution in [-0.2, 0) is 9.53 Å². The molecule has 222 valence electrons. The standard InChI is InChI=1S/C28H24F5N3O6/c1-39-18-11-20(29)23(21(30)12-18)19-13-36(22-3-2-9-34-26(22)41-17-8-10-40-14-17)27(38)24(19)35-25(37)15-4-6-16(7-5-15)42-28(31,32)33/h2-7,9,11-12,17,19,24H,8,10,13-14H2,1H3,(H,35,37)/t17?,19-,24-/m0/s1. The molecule has 1 unspecified atom stereocenters. The molecule has 0 spiro atoms. The van der Waals surface area contributed by atoms with Crippen LogP contribution >= 0.6 is 0 Å². The first kappa shape index (κ1) is 29.0. The van der Waals surface area contributed by atoms with E-state index in [-0.39, 0.29) is 35.5 Å². The van der Waals surface area contributed by atoms with Crippen LogP contribution in [0.15, 0.2) is 54.7 Å². The summed E-state index contributed by atoms with van der Waals surface area (Å²) in [6.45, 7) is 0.552. The van der Waals surface area contributed by atoms with E-state index in [0.717, 1.165) is 36.4 Å². The smallest absolute Gasteiger partial charge is 0.497 e. The average molecular weight is 594 g/mol. The number of nitrogens with zero attached hydrogens (tertiary/aromatic N) is 2. The normalized spacial score (nSPS) is 20.5. The minimum atomic E-state index is -4.93. The Labute approximate surface area is 236 Å². The van der Waals surface area contributed by atoms with Gasteiger partial charge in [0.2, 0.25) is 11.8 Å². The SMILES string of the molecule is COc1cc(F)c([C@@H]2CN(c3cccnc3OC3CCOC3)C(=O)[C@H]2NC(=O)c2ccc(OC(F)(F)F)cc2)c(F)c1. The number of aromatic nitrogens is 1. The fraction of sp³-hybridized carbons (Fsp3) is 0.321. The molecule has 0 saturated carbocycles. The van der Waals surface area contributed by atoms with Gasteiger partial charge in [-0.2, -0.15) is 0 Å². The van der Waals surface area contributed by atoms with E-state index < -0.39 is 53.1 Å². The largest absolute Gasteiger partial charge is 0.573 e. The van der Waals surface area contributed by atoms with Crippen LogP contribution in [0.3, 0.4) is 0 Å². The molecule has 1 aromatic heterocycles.